The maximum atomic E-state index is 13.3. The van der Waals surface area contributed by atoms with Crippen LogP contribution in [0.1, 0.15) is 5.56 Å². The first-order valence-electron chi connectivity index (χ1n) is 3.70. The molecule has 2 aromatic rings. The van der Waals surface area contributed by atoms with Crippen LogP contribution < -0.4 is 0 Å². The number of nitriles is 1. The second-order valence-corrected chi connectivity index (χ2v) is 4.68. The van der Waals surface area contributed by atoms with Gasteiger partial charge in [-0.3, -0.25) is 0 Å². The topological polar surface area (TPSA) is 41.6 Å². The number of rotatable bonds is 1. The summed E-state index contributed by atoms with van der Waals surface area (Å²) in [6.07, 6.45) is 2.07. The van der Waals surface area contributed by atoms with Gasteiger partial charge in [-0.2, -0.15) is 10.4 Å². The first kappa shape index (κ1) is 9.81. The van der Waals surface area contributed by atoms with E-state index in [9.17, 15) is 4.39 Å². The highest BCUT2D eigenvalue weighted by Gasteiger charge is 2.07. The van der Waals surface area contributed by atoms with Crippen molar-refractivity contribution in [3.63, 3.8) is 0 Å². The van der Waals surface area contributed by atoms with Gasteiger partial charge in [-0.25, -0.2) is 8.84 Å². The van der Waals surface area contributed by atoms with Crippen LogP contribution in [-0.4, -0.2) is 9.55 Å². The first-order chi connectivity index (χ1) is 6.76. The first-order valence-corrected chi connectivity index (χ1v) is 7.76. The van der Waals surface area contributed by atoms with E-state index >= 15 is 0 Å². The zero-order chi connectivity index (χ0) is 10.1. The molecule has 1 unspecified atom stereocenters. The van der Waals surface area contributed by atoms with Crippen LogP contribution in [0.4, 0.5) is 4.39 Å². The van der Waals surface area contributed by atoms with E-state index in [-0.39, 0.29) is 5.56 Å². The predicted octanol–water partition coefficient (Wildman–Crippen LogP) is 2.84. The van der Waals surface area contributed by atoms with Gasteiger partial charge in [-0.15, -0.1) is 0 Å². The third kappa shape index (κ3) is 1.49. The minimum Gasteiger partial charge on any atom is -0.237 e. The van der Waals surface area contributed by atoms with Gasteiger partial charge in [-0.1, -0.05) is 0 Å². The fourth-order valence-corrected chi connectivity index (χ4v) is 2.74. The molecule has 0 saturated carbocycles. The number of hydrogen-bond acceptors (Lipinski definition) is 2. The molecule has 0 spiro atoms. The average molecular weight is 319 g/mol. The van der Waals surface area contributed by atoms with E-state index in [1.807, 2.05) is 0 Å². The number of nitrogens with zero attached hydrogens (tertiary/aromatic N) is 3. The van der Waals surface area contributed by atoms with E-state index in [0.29, 0.717) is 6.37 Å². The van der Waals surface area contributed by atoms with Gasteiger partial charge in [0, 0.05) is 11.5 Å². The van der Waals surface area contributed by atoms with Gasteiger partial charge >= 0.3 is 0 Å². The van der Waals surface area contributed by atoms with E-state index in [1.165, 1.54) is 12.1 Å². The standard InChI is InChI=1S/C8H4FIN3P/c9-7-2-8-6(1-5(7)3-11)4-12-13(8)14-10/h1-2,4,14H. The average Bonchev–Trinajstić information content (AvgIpc) is 2.58. The lowest BCUT2D eigenvalue weighted by molar-refractivity contribution is 0.625. The third-order valence-corrected chi connectivity index (χ3v) is 3.74. The van der Waals surface area contributed by atoms with Crippen LogP contribution in [0.3, 0.4) is 0 Å². The molecule has 0 aliphatic carbocycles. The summed E-state index contributed by atoms with van der Waals surface area (Å²) in [5.41, 5.74) is 0.795. The normalized spacial score (nSPS) is 11.2. The second-order valence-electron chi connectivity index (χ2n) is 2.64. The summed E-state index contributed by atoms with van der Waals surface area (Å²) in [7, 11) is 0. The zero-order valence-corrected chi connectivity index (χ0v) is 9.99. The number of halogens is 2. The van der Waals surface area contributed by atoms with E-state index in [2.05, 4.69) is 27.1 Å². The smallest absolute Gasteiger partial charge is 0.143 e. The van der Waals surface area contributed by atoms with Crippen molar-refractivity contribution in [1.82, 2.24) is 9.55 Å². The largest absolute Gasteiger partial charge is 0.237 e. The Hall–Kier alpha value is -0.730. The summed E-state index contributed by atoms with van der Waals surface area (Å²) in [6, 6.07) is 4.68. The number of benzene rings is 1. The Morgan fingerprint density at radius 3 is 3.00 bits per heavy atom. The van der Waals surface area contributed by atoms with Crippen LogP contribution in [0.2, 0.25) is 0 Å². The summed E-state index contributed by atoms with van der Waals surface area (Å²) in [4.78, 5) is 0. The van der Waals surface area contributed by atoms with Crippen molar-refractivity contribution in [2.45, 2.75) is 0 Å². The maximum Gasteiger partial charge on any atom is 0.143 e. The van der Waals surface area contributed by atoms with Crippen LogP contribution in [0.5, 0.6) is 0 Å². The van der Waals surface area contributed by atoms with Crippen molar-refractivity contribution >= 4 is 39.3 Å². The fourth-order valence-electron chi connectivity index (χ4n) is 1.20. The van der Waals surface area contributed by atoms with Crippen LogP contribution in [0, 0.1) is 17.1 Å². The summed E-state index contributed by atoms with van der Waals surface area (Å²) in [5.74, 6) is -0.489. The van der Waals surface area contributed by atoms with E-state index in [0.717, 1.165) is 10.9 Å². The van der Waals surface area contributed by atoms with E-state index < -0.39 is 5.82 Å². The molecule has 70 valence electrons. The van der Waals surface area contributed by atoms with Crippen molar-refractivity contribution in [3.05, 3.63) is 29.7 Å². The Bertz CT molecular complexity index is 531. The molecule has 1 atom stereocenters. The van der Waals surface area contributed by atoms with Crippen LogP contribution in [-0.2, 0) is 0 Å². The molecule has 0 bridgehead atoms. The summed E-state index contributed by atoms with van der Waals surface area (Å²) in [5, 5.41) is 13.5. The molecule has 0 aliphatic heterocycles. The highest BCUT2D eigenvalue weighted by atomic mass is 127. The van der Waals surface area contributed by atoms with Crippen LogP contribution in [0.15, 0.2) is 18.3 Å². The van der Waals surface area contributed by atoms with Crippen molar-refractivity contribution < 1.29 is 4.39 Å². The lowest BCUT2D eigenvalue weighted by Gasteiger charge is -1.97. The molecule has 0 amide bonds. The van der Waals surface area contributed by atoms with Crippen LogP contribution >= 0.6 is 28.4 Å². The molecule has 2 rings (SSSR count). The Morgan fingerprint density at radius 2 is 2.36 bits per heavy atom. The Balaban J connectivity index is 2.77. The zero-order valence-electron chi connectivity index (χ0n) is 6.83. The Labute approximate surface area is 94.2 Å². The van der Waals surface area contributed by atoms with Crippen molar-refractivity contribution in [1.29, 1.82) is 5.26 Å². The molecule has 1 aromatic heterocycles. The van der Waals surface area contributed by atoms with Gasteiger partial charge in [0.25, 0.3) is 0 Å². The van der Waals surface area contributed by atoms with Gasteiger partial charge in [0.1, 0.15) is 11.9 Å². The molecule has 1 heterocycles. The quantitative estimate of drug-likeness (QED) is 0.599. The van der Waals surface area contributed by atoms with Crippen LogP contribution in [0.25, 0.3) is 10.9 Å². The lowest BCUT2D eigenvalue weighted by Crippen LogP contribution is -1.86. The van der Waals surface area contributed by atoms with Crippen molar-refractivity contribution in [2.75, 3.05) is 0 Å². The molecule has 3 nitrogen and oxygen atoms in total. The van der Waals surface area contributed by atoms with Crippen molar-refractivity contribution in [3.8, 4) is 6.07 Å². The molecule has 1 aromatic carbocycles. The minimum atomic E-state index is -0.489. The number of hydrogen-bond donors (Lipinski definition) is 0. The van der Waals surface area contributed by atoms with E-state index in [4.69, 9.17) is 5.26 Å². The highest BCUT2D eigenvalue weighted by Crippen LogP contribution is 2.29. The molecule has 0 radical (unpaired) electrons. The molecule has 6 heteroatoms. The Kier molecular flexibility index (Phi) is 2.66. The maximum absolute atomic E-state index is 13.3. The molecule has 0 fully saturated rings. The van der Waals surface area contributed by atoms with Gasteiger partial charge < -0.3 is 0 Å². The molecule has 0 saturated heterocycles. The van der Waals surface area contributed by atoms with Gasteiger partial charge in [0.05, 0.1) is 23.7 Å². The molecule has 14 heavy (non-hydrogen) atoms. The summed E-state index contributed by atoms with van der Waals surface area (Å²) >= 11 is 2.17. The van der Waals surface area contributed by atoms with Gasteiger partial charge in [0.2, 0.25) is 0 Å². The molecule has 0 aliphatic rings. The molecular formula is C8H4FIN3P. The van der Waals surface area contributed by atoms with Gasteiger partial charge in [-0.05, 0) is 28.1 Å². The SMILES string of the molecule is N#Cc1cc2cnn(PI)c2cc1F. The summed E-state index contributed by atoms with van der Waals surface area (Å²) in [6.45, 7) is 0. The number of aromatic nitrogens is 2. The monoisotopic (exact) mass is 319 g/mol. The van der Waals surface area contributed by atoms with E-state index in [1.54, 1.807) is 16.7 Å². The molecular weight excluding hydrogens is 315 g/mol. The minimum absolute atomic E-state index is 0.0637. The molecule has 0 N–H and O–H groups in total. The Morgan fingerprint density at radius 1 is 1.57 bits per heavy atom. The predicted molar refractivity (Wildman–Crippen MR) is 62.1 cm³/mol. The highest BCUT2D eigenvalue weighted by molar-refractivity contribution is 14.2. The number of fused-ring (bicyclic) bond motifs is 1. The van der Waals surface area contributed by atoms with Gasteiger partial charge in [0.15, 0.2) is 0 Å². The van der Waals surface area contributed by atoms with Crippen molar-refractivity contribution in [2.24, 2.45) is 0 Å². The third-order valence-electron chi connectivity index (χ3n) is 1.86. The fraction of sp³-hybridized carbons (Fsp3) is 0. The lowest BCUT2D eigenvalue weighted by atomic mass is 10.2. The second kappa shape index (κ2) is 3.79. The summed E-state index contributed by atoms with van der Waals surface area (Å²) < 4.78 is 15.0.